The van der Waals surface area contributed by atoms with Gasteiger partial charge in [-0.3, -0.25) is 24.6 Å². The van der Waals surface area contributed by atoms with Crippen LogP contribution in [0.4, 0.5) is 19.0 Å². The number of amides is 3. The summed E-state index contributed by atoms with van der Waals surface area (Å²) in [5.41, 5.74) is 1.70. The third-order valence-corrected chi connectivity index (χ3v) is 5.81. The maximum absolute atomic E-state index is 13.2. The minimum absolute atomic E-state index is 0.208. The van der Waals surface area contributed by atoms with Crippen molar-refractivity contribution < 1.29 is 32.8 Å². The van der Waals surface area contributed by atoms with Crippen LogP contribution < -0.4 is 10.7 Å². The largest absolute Gasteiger partial charge is 0.433 e. The normalized spacial score (nSPS) is 20.2. The van der Waals surface area contributed by atoms with E-state index >= 15 is 0 Å². The van der Waals surface area contributed by atoms with E-state index < -0.39 is 35.6 Å². The maximum Gasteiger partial charge on any atom is 0.433 e. The first kappa shape index (κ1) is 23.9. The Morgan fingerprint density at radius 2 is 2.03 bits per heavy atom. The molecule has 1 aromatic rings. The highest BCUT2D eigenvalue weighted by atomic mass is 19.4. The van der Waals surface area contributed by atoms with Gasteiger partial charge in [-0.15, -0.1) is 0 Å². The van der Waals surface area contributed by atoms with Gasteiger partial charge in [-0.05, 0) is 30.9 Å². The number of carbonyl (C=O) groups is 3. The van der Waals surface area contributed by atoms with Crippen molar-refractivity contribution >= 4 is 24.0 Å². The summed E-state index contributed by atoms with van der Waals surface area (Å²) in [5.74, 6) is -1.83. The van der Waals surface area contributed by atoms with E-state index in [1.165, 1.54) is 6.07 Å². The number of anilines is 1. The molecule has 2 aliphatic rings. The molecule has 0 aromatic carbocycles. The van der Waals surface area contributed by atoms with E-state index in [0.29, 0.717) is 18.0 Å². The summed E-state index contributed by atoms with van der Waals surface area (Å²) in [6.45, 7) is 0.104. The SMILES string of the molecule is O=CN(O)C[C@@H](CC1CCCC1)C(=O)N1NCC[C@H]1C(=O)Nc1cccc(C(F)(F)F)n1. The second-order valence-electron chi connectivity index (χ2n) is 8.13. The number of halogens is 3. The van der Waals surface area contributed by atoms with Crippen molar-refractivity contribution in [1.29, 1.82) is 0 Å². The average Bonchev–Trinajstić information content (AvgIpc) is 3.44. The molecule has 1 aliphatic heterocycles. The van der Waals surface area contributed by atoms with Gasteiger partial charge in [-0.25, -0.2) is 15.5 Å². The van der Waals surface area contributed by atoms with Crippen LogP contribution in [0.5, 0.6) is 0 Å². The van der Waals surface area contributed by atoms with Crippen molar-refractivity contribution in [3.8, 4) is 0 Å². The van der Waals surface area contributed by atoms with E-state index in [9.17, 15) is 32.8 Å². The van der Waals surface area contributed by atoms with Crippen LogP contribution in [0.3, 0.4) is 0 Å². The first-order valence-electron chi connectivity index (χ1n) is 10.5. The van der Waals surface area contributed by atoms with Crippen LogP contribution in [0.15, 0.2) is 18.2 Å². The van der Waals surface area contributed by atoms with Crippen molar-refractivity contribution in [3.05, 3.63) is 23.9 Å². The van der Waals surface area contributed by atoms with E-state index in [4.69, 9.17) is 0 Å². The molecule has 1 aromatic heterocycles. The van der Waals surface area contributed by atoms with Crippen LogP contribution in [-0.4, -0.2) is 57.6 Å². The van der Waals surface area contributed by atoms with Gasteiger partial charge in [0, 0.05) is 6.54 Å². The first-order valence-corrected chi connectivity index (χ1v) is 10.5. The van der Waals surface area contributed by atoms with Crippen LogP contribution in [0.1, 0.15) is 44.2 Å². The van der Waals surface area contributed by atoms with Crippen LogP contribution in [-0.2, 0) is 20.6 Å². The topological polar surface area (TPSA) is 115 Å². The third kappa shape index (κ3) is 5.94. The number of alkyl halides is 3. The van der Waals surface area contributed by atoms with Gasteiger partial charge in [0.05, 0.1) is 12.5 Å². The molecule has 2 heterocycles. The zero-order valence-corrected chi connectivity index (χ0v) is 17.3. The number of carbonyl (C=O) groups excluding carboxylic acids is 3. The van der Waals surface area contributed by atoms with Gasteiger partial charge in [-0.1, -0.05) is 31.7 Å². The molecular weight excluding hydrogens is 431 g/mol. The Balaban J connectivity index is 1.71. The van der Waals surface area contributed by atoms with Gasteiger partial charge < -0.3 is 5.32 Å². The molecule has 2 fully saturated rings. The van der Waals surface area contributed by atoms with Crippen LogP contribution >= 0.6 is 0 Å². The summed E-state index contributed by atoms with van der Waals surface area (Å²) < 4.78 is 38.6. The number of pyridine rings is 1. The second kappa shape index (κ2) is 10.3. The number of nitrogens with one attached hydrogen (secondary N) is 2. The quantitative estimate of drug-likeness (QED) is 0.313. The molecule has 3 N–H and O–H groups in total. The molecule has 12 heteroatoms. The lowest BCUT2D eigenvalue weighted by atomic mass is 9.92. The molecule has 2 atom stereocenters. The molecule has 1 saturated heterocycles. The van der Waals surface area contributed by atoms with Gasteiger partial charge in [0.2, 0.25) is 18.2 Å². The highest BCUT2D eigenvalue weighted by Gasteiger charge is 2.39. The van der Waals surface area contributed by atoms with Gasteiger partial charge in [0.1, 0.15) is 17.6 Å². The van der Waals surface area contributed by atoms with Crippen molar-refractivity contribution in [2.24, 2.45) is 11.8 Å². The summed E-state index contributed by atoms with van der Waals surface area (Å²) in [5, 5.41) is 13.6. The zero-order valence-electron chi connectivity index (χ0n) is 17.3. The lowest BCUT2D eigenvalue weighted by Gasteiger charge is -2.29. The second-order valence-corrected chi connectivity index (χ2v) is 8.13. The lowest BCUT2D eigenvalue weighted by molar-refractivity contribution is -0.159. The molecule has 1 aliphatic carbocycles. The highest BCUT2D eigenvalue weighted by molar-refractivity contribution is 5.97. The molecule has 0 spiro atoms. The molecule has 0 bridgehead atoms. The van der Waals surface area contributed by atoms with E-state index in [1.807, 2.05) is 0 Å². The molecule has 176 valence electrons. The molecule has 3 amide bonds. The van der Waals surface area contributed by atoms with Crippen LogP contribution in [0.25, 0.3) is 0 Å². The fraction of sp³-hybridized carbons (Fsp3) is 0.600. The number of hydrazine groups is 1. The maximum atomic E-state index is 13.2. The smallest absolute Gasteiger partial charge is 0.309 e. The Labute approximate surface area is 182 Å². The van der Waals surface area contributed by atoms with Crippen molar-refractivity contribution in [3.63, 3.8) is 0 Å². The Bertz CT molecular complexity index is 832. The van der Waals surface area contributed by atoms with Gasteiger partial charge in [0.25, 0.3) is 0 Å². The number of aromatic nitrogens is 1. The number of rotatable bonds is 8. The molecule has 32 heavy (non-hydrogen) atoms. The first-order chi connectivity index (χ1) is 15.2. The lowest BCUT2D eigenvalue weighted by Crippen LogP contribution is -2.51. The molecule has 3 rings (SSSR count). The van der Waals surface area contributed by atoms with Crippen molar-refractivity contribution in [2.45, 2.75) is 50.7 Å². The van der Waals surface area contributed by atoms with E-state index in [-0.39, 0.29) is 31.1 Å². The Morgan fingerprint density at radius 1 is 1.31 bits per heavy atom. The summed E-state index contributed by atoms with van der Waals surface area (Å²) in [4.78, 5) is 40.3. The monoisotopic (exact) mass is 457 g/mol. The molecule has 0 unspecified atom stereocenters. The standard InChI is InChI=1S/C20H26F3N5O4/c21-20(22,23)16-6-3-7-17(25-16)26-18(30)15-8-9-24-28(15)19(31)14(11-27(32)12-29)10-13-4-1-2-5-13/h3,6-7,12-15,24,32H,1-2,4-5,8-11H2,(H,25,26,30)/t14-,15+/m1/s1. The summed E-state index contributed by atoms with van der Waals surface area (Å²) in [6, 6.07) is 2.20. The van der Waals surface area contributed by atoms with Gasteiger partial charge in [-0.2, -0.15) is 13.2 Å². The number of nitrogens with zero attached hydrogens (tertiary/aromatic N) is 3. The number of hydroxylamine groups is 2. The Hall–Kier alpha value is -2.73. The molecule has 1 saturated carbocycles. The Kier molecular flexibility index (Phi) is 7.67. The van der Waals surface area contributed by atoms with Crippen molar-refractivity contribution in [2.75, 3.05) is 18.4 Å². The average molecular weight is 457 g/mol. The molecule has 0 radical (unpaired) electrons. The minimum Gasteiger partial charge on any atom is -0.309 e. The fourth-order valence-electron chi connectivity index (χ4n) is 4.28. The van der Waals surface area contributed by atoms with Crippen LogP contribution in [0, 0.1) is 11.8 Å². The van der Waals surface area contributed by atoms with Gasteiger partial charge in [0.15, 0.2) is 0 Å². The number of hydrogen-bond acceptors (Lipinski definition) is 6. The van der Waals surface area contributed by atoms with Crippen molar-refractivity contribution in [1.82, 2.24) is 20.5 Å². The highest BCUT2D eigenvalue weighted by Crippen LogP contribution is 2.32. The van der Waals surface area contributed by atoms with Crippen LogP contribution in [0.2, 0.25) is 0 Å². The molecule has 9 nitrogen and oxygen atoms in total. The van der Waals surface area contributed by atoms with E-state index in [1.54, 1.807) is 0 Å². The Morgan fingerprint density at radius 3 is 2.69 bits per heavy atom. The predicted octanol–water partition coefficient (Wildman–Crippen LogP) is 2.19. The van der Waals surface area contributed by atoms with Gasteiger partial charge >= 0.3 is 6.18 Å². The van der Waals surface area contributed by atoms with E-state index in [2.05, 4.69) is 15.7 Å². The van der Waals surface area contributed by atoms with E-state index in [0.717, 1.165) is 42.8 Å². The summed E-state index contributed by atoms with van der Waals surface area (Å²) in [6.07, 6.45) is 0.298. The summed E-state index contributed by atoms with van der Waals surface area (Å²) in [7, 11) is 0. The molecular formula is C20H26F3N5O4. The predicted molar refractivity (Wildman–Crippen MR) is 106 cm³/mol. The number of hydrogen-bond donors (Lipinski definition) is 3. The third-order valence-electron chi connectivity index (χ3n) is 5.81. The minimum atomic E-state index is -4.65. The summed E-state index contributed by atoms with van der Waals surface area (Å²) >= 11 is 0. The fourth-order valence-corrected chi connectivity index (χ4v) is 4.28. The zero-order chi connectivity index (χ0) is 23.3.